The van der Waals surface area contributed by atoms with Gasteiger partial charge in [0.25, 0.3) is 0 Å². The third kappa shape index (κ3) is 4.88. The van der Waals surface area contributed by atoms with Gasteiger partial charge in [0, 0.05) is 4.47 Å². The second kappa shape index (κ2) is 8.00. The molecule has 1 amide bonds. The van der Waals surface area contributed by atoms with Crippen LogP contribution < -0.4 is 5.32 Å². The maximum absolute atomic E-state index is 11.6. The molecule has 2 N–H and O–H groups in total. The summed E-state index contributed by atoms with van der Waals surface area (Å²) in [6.45, 7) is -0.127. The SMILES string of the molecule is COC(=O)CNC(=O)CSc1ncc(-c2ccc(Br)cc2)[nH]1. The molecule has 116 valence electrons. The van der Waals surface area contributed by atoms with Crippen LogP contribution in [0.4, 0.5) is 0 Å². The topological polar surface area (TPSA) is 84.1 Å². The molecule has 0 bridgehead atoms. The number of thioether (sulfide) groups is 1. The van der Waals surface area contributed by atoms with Crippen LogP contribution in [0.25, 0.3) is 11.3 Å². The van der Waals surface area contributed by atoms with E-state index in [2.05, 4.69) is 36.0 Å². The van der Waals surface area contributed by atoms with Gasteiger partial charge in [-0.1, -0.05) is 39.8 Å². The fourth-order valence-electron chi connectivity index (χ4n) is 1.58. The highest BCUT2D eigenvalue weighted by Gasteiger charge is 2.08. The van der Waals surface area contributed by atoms with Crippen LogP contribution in [-0.2, 0) is 14.3 Å². The van der Waals surface area contributed by atoms with E-state index in [1.807, 2.05) is 24.3 Å². The number of aromatic nitrogens is 2. The number of hydrogen-bond donors (Lipinski definition) is 2. The van der Waals surface area contributed by atoms with Gasteiger partial charge < -0.3 is 15.0 Å². The number of H-pyrrole nitrogens is 1. The van der Waals surface area contributed by atoms with Crippen molar-refractivity contribution in [3.63, 3.8) is 0 Å². The molecule has 2 aromatic rings. The molecule has 2 rings (SSSR count). The van der Waals surface area contributed by atoms with Gasteiger partial charge in [-0.25, -0.2) is 4.98 Å². The number of benzene rings is 1. The zero-order valence-corrected chi connectivity index (χ0v) is 14.2. The molecule has 6 nitrogen and oxygen atoms in total. The van der Waals surface area contributed by atoms with E-state index in [4.69, 9.17) is 0 Å². The molecule has 22 heavy (non-hydrogen) atoms. The summed E-state index contributed by atoms with van der Waals surface area (Å²) in [5, 5.41) is 3.11. The number of esters is 1. The molecular weight excluding hydrogens is 370 g/mol. The van der Waals surface area contributed by atoms with Gasteiger partial charge in [0.15, 0.2) is 5.16 Å². The van der Waals surface area contributed by atoms with Crippen molar-refractivity contribution in [2.45, 2.75) is 5.16 Å². The Labute approximate surface area is 140 Å². The first-order valence-corrected chi connectivity index (χ1v) is 8.13. The lowest BCUT2D eigenvalue weighted by Gasteiger charge is -2.02. The van der Waals surface area contributed by atoms with Gasteiger partial charge in [-0.2, -0.15) is 0 Å². The largest absolute Gasteiger partial charge is 0.468 e. The summed E-state index contributed by atoms with van der Waals surface area (Å²) in [4.78, 5) is 29.8. The zero-order valence-electron chi connectivity index (χ0n) is 11.8. The Hall–Kier alpha value is -1.80. The second-order valence-electron chi connectivity index (χ2n) is 4.25. The van der Waals surface area contributed by atoms with E-state index in [1.165, 1.54) is 18.9 Å². The van der Waals surface area contributed by atoms with Gasteiger partial charge in [0.1, 0.15) is 6.54 Å². The van der Waals surface area contributed by atoms with Gasteiger partial charge in [-0.15, -0.1) is 0 Å². The number of halogens is 1. The highest BCUT2D eigenvalue weighted by molar-refractivity contribution is 9.10. The zero-order chi connectivity index (χ0) is 15.9. The van der Waals surface area contributed by atoms with Gasteiger partial charge in [0.05, 0.1) is 24.8 Å². The van der Waals surface area contributed by atoms with Gasteiger partial charge >= 0.3 is 5.97 Å². The van der Waals surface area contributed by atoms with E-state index >= 15 is 0 Å². The van der Waals surface area contributed by atoms with Crippen LogP contribution >= 0.6 is 27.7 Å². The first kappa shape index (κ1) is 16.6. The van der Waals surface area contributed by atoms with Crippen LogP contribution in [0, 0.1) is 0 Å². The number of amides is 1. The molecule has 0 aliphatic heterocycles. The molecule has 0 aliphatic carbocycles. The molecule has 8 heteroatoms. The fourth-order valence-corrected chi connectivity index (χ4v) is 2.52. The summed E-state index contributed by atoms with van der Waals surface area (Å²) in [5.74, 6) is -0.560. The van der Waals surface area contributed by atoms with Crippen LogP contribution in [0.3, 0.4) is 0 Å². The summed E-state index contributed by atoms with van der Waals surface area (Å²) >= 11 is 4.65. The number of ether oxygens (including phenoxy) is 1. The number of nitrogens with one attached hydrogen (secondary N) is 2. The minimum atomic E-state index is -0.478. The monoisotopic (exact) mass is 383 g/mol. The predicted octanol–water partition coefficient (Wildman–Crippen LogP) is 2.22. The molecule has 1 aromatic carbocycles. The first-order chi connectivity index (χ1) is 10.6. The molecule has 0 fully saturated rings. The third-order valence-corrected chi connectivity index (χ3v) is 4.12. The Bertz CT molecular complexity index is 658. The number of rotatable bonds is 6. The van der Waals surface area contributed by atoms with Crippen LogP contribution in [0.2, 0.25) is 0 Å². The Kier molecular flexibility index (Phi) is 6.02. The quantitative estimate of drug-likeness (QED) is 0.590. The molecule has 0 atom stereocenters. The predicted molar refractivity (Wildman–Crippen MR) is 87.5 cm³/mol. The Morgan fingerprint density at radius 1 is 1.36 bits per heavy atom. The number of carbonyl (C=O) groups is 2. The molecule has 1 heterocycles. The van der Waals surface area contributed by atoms with E-state index in [9.17, 15) is 9.59 Å². The summed E-state index contributed by atoms with van der Waals surface area (Å²) in [6, 6.07) is 7.83. The van der Waals surface area contributed by atoms with E-state index in [0.29, 0.717) is 5.16 Å². The van der Waals surface area contributed by atoms with Crippen LogP contribution in [0.1, 0.15) is 0 Å². The summed E-state index contributed by atoms with van der Waals surface area (Å²) in [7, 11) is 1.27. The number of imidazole rings is 1. The summed E-state index contributed by atoms with van der Waals surface area (Å²) in [5.41, 5.74) is 1.89. The van der Waals surface area contributed by atoms with Crippen molar-refractivity contribution in [1.29, 1.82) is 0 Å². The molecule has 0 unspecified atom stereocenters. The van der Waals surface area contributed by atoms with Gasteiger partial charge in [-0.3, -0.25) is 9.59 Å². The number of hydrogen-bond acceptors (Lipinski definition) is 5. The Morgan fingerprint density at radius 3 is 2.77 bits per heavy atom. The van der Waals surface area contributed by atoms with E-state index in [0.717, 1.165) is 15.7 Å². The van der Waals surface area contributed by atoms with Gasteiger partial charge in [-0.05, 0) is 17.7 Å². The molecule has 0 spiro atoms. The van der Waals surface area contributed by atoms with E-state index in [1.54, 1.807) is 6.20 Å². The normalized spacial score (nSPS) is 10.3. The standard InChI is InChI=1S/C14H14BrN3O3S/c1-21-13(20)7-16-12(19)8-22-14-17-6-11(18-14)9-2-4-10(15)5-3-9/h2-6H,7-8H2,1H3,(H,16,19)(H,17,18). The average molecular weight is 384 g/mol. The highest BCUT2D eigenvalue weighted by atomic mass is 79.9. The van der Waals surface area contributed by atoms with E-state index in [-0.39, 0.29) is 18.2 Å². The smallest absolute Gasteiger partial charge is 0.325 e. The van der Waals surface area contributed by atoms with Crippen LogP contribution in [-0.4, -0.2) is 41.3 Å². The molecule has 0 radical (unpaired) electrons. The summed E-state index contributed by atoms with van der Waals surface area (Å²) in [6.07, 6.45) is 1.72. The van der Waals surface area contributed by atoms with Crippen molar-refractivity contribution in [2.75, 3.05) is 19.4 Å². The Morgan fingerprint density at radius 2 is 2.09 bits per heavy atom. The molecular formula is C14H14BrN3O3S. The fraction of sp³-hybridized carbons (Fsp3) is 0.214. The number of methoxy groups -OCH3 is 1. The highest BCUT2D eigenvalue weighted by Crippen LogP contribution is 2.22. The lowest BCUT2D eigenvalue weighted by Crippen LogP contribution is -2.31. The molecule has 1 aromatic heterocycles. The average Bonchev–Trinajstić information content (AvgIpc) is 3.00. The van der Waals surface area contributed by atoms with Crippen LogP contribution in [0.15, 0.2) is 40.1 Å². The van der Waals surface area contributed by atoms with Crippen LogP contribution in [0.5, 0.6) is 0 Å². The summed E-state index contributed by atoms with van der Waals surface area (Å²) < 4.78 is 5.45. The number of aromatic amines is 1. The Balaban J connectivity index is 1.86. The van der Waals surface area contributed by atoms with Crippen molar-refractivity contribution < 1.29 is 14.3 Å². The minimum absolute atomic E-state index is 0.127. The van der Waals surface area contributed by atoms with Crippen molar-refractivity contribution >= 4 is 39.6 Å². The molecule has 0 aliphatic rings. The molecule has 0 saturated carbocycles. The van der Waals surface area contributed by atoms with Crippen molar-refractivity contribution in [1.82, 2.24) is 15.3 Å². The maximum atomic E-state index is 11.6. The molecule has 0 saturated heterocycles. The second-order valence-corrected chi connectivity index (χ2v) is 6.13. The van der Waals surface area contributed by atoms with Crippen molar-refractivity contribution in [2.24, 2.45) is 0 Å². The van der Waals surface area contributed by atoms with E-state index < -0.39 is 5.97 Å². The lowest BCUT2D eigenvalue weighted by molar-refractivity contribution is -0.140. The lowest BCUT2D eigenvalue weighted by atomic mass is 10.2. The maximum Gasteiger partial charge on any atom is 0.325 e. The number of nitrogens with zero attached hydrogens (tertiary/aromatic N) is 1. The first-order valence-electron chi connectivity index (χ1n) is 6.35. The van der Waals surface area contributed by atoms with Crippen molar-refractivity contribution in [3.8, 4) is 11.3 Å². The third-order valence-electron chi connectivity index (χ3n) is 2.71. The minimum Gasteiger partial charge on any atom is -0.468 e. The van der Waals surface area contributed by atoms with Crippen molar-refractivity contribution in [3.05, 3.63) is 34.9 Å². The van der Waals surface area contributed by atoms with Gasteiger partial charge in [0.2, 0.25) is 5.91 Å². The number of carbonyl (C=O) groups excluding carboxylic acids is 2.